The van der Waals surface area contributed by atoms with Crippen LogP contribution in [0.1, 0.15) is 17.5 Å². The fourth-order valence-corrected chi connectivity index (χ4v) is 3.30. The Morgan fingerprint density at radius 3 is 2.50 bits per heavy atom. The number of benzene rings is 1. The van der Waals surface area contributed by atoms with Crippen molar-refractivity contribution in [3.05, 3.63) is 66.1 Å². The number of aromatic nitrogens is 3. The standard InChI is InChI=1S/C21H22N6O2S/c1-14-4-7-18(25-13-14)27-19(28)8-11-22-20(29)26-17-6-5-16(12-15(17)2)30-21-23-9-3-10-24-21/h3-7,9-10,12-13H,8,11H2,1-2H3,(H2,22,26,29)(H,25,27,28). The van der Waals surface area contributed by atoms with E-state index < -0.39 is 0 Å². The Hall–Kier alpha value is -3.46. The minimum Gasteiger partial charge on any atom is -0.337 e. The Balaban J connectivity index is 1.44. The molecule has 3 amide bonds. The zero-order chi connectivity index (χ0) is 21.3. The van der Waals surface area contributed by atoms with E-state index in [9.17, 15) is 9.59 Å². The lowest BCUT2D eigenvalue weighted by molar-refractivity contribution is -0.116. The zero-order valence-electron chi connectivity index (χ0n) is 16.7. The van der Waals surface area contributed by atoms with Gasteiger partial charge in [0.25, 0.3) is 0 Å². The predicted molar refractivity (Wildman–Crippen MR) is 117 cm³/mol. The number of amides is 3. The topological polar surface area (TPSA) is 109 Å². The van der Waals surface area contributed by atoms with Crippen LogP contribution in [0.3, 0.4) is 0 Å². The third kappa shape index (κ3) is 6.56. The van der Waals surface area contributed by atoms with Crippen LogP contribution in [-0.4, -0.2) is 33.4 Å². The van der Waals surface area contributed by atoms with E-state index in [2.05, 4.69) is 30.9 Å². The minimum atomic E-state index is -0.369. The summed E-state index contributed by atoms with van der Waals surface area (Å²) in [5.74, 6) is 0.275. The number of hydrogen-bond donors (Lipinski definition) is 3. The van der Waals surface area contributed by atoms with E-state index in [1.54, 1.807) is 30.7 Å². The average molecular weight is 423 g/mol. The van der Waals surface area contributed by atoms with Crippen molar-refractivity contribution >= 4 is 35.2 Å². The second kappa shape index (κ2) is 10.4. The van der Waals surface area contributed by atoms with Crippen LogP contribution in [0.2, 0.25) is 0 Å². The second-order valence-corrected chi connectivity index (χ2v) is 7.55. The quantitative estimate of drug-likeness (QED) is 0.500. The number of nitrogens with one attached hydrogen (secondary N) is 3. The van der Waals surface area contributed by atoms with E-state index in [0.717, 1.165) is 16.0 Å². The van der Waals surface area contributed by atoms with Crippen molar-refractivity contribution < 1.29 is 9.59 Å². The molecule has 0 saturated carbocycles. The van der Waals surface area contributed by atoms with Gasteiger partial charge in [0.2, 0.25) is 5.91 Å². The molecular formula is C21H22N6O2S. The first kappa shape index (κ1) is 21.3. The van der Waals surface area contributed by atoms with Crippen molar-refractivity contribution in [1.29, 1.82) is 0 Å². The predicted octanol–water partition coefficient (Wildman–Crippen LogP) is 3.79. The summed E-state index contributed by atoms with van der Waals surface area (Å²) in [6.45, 7) is 4.04. The van der Waals surface area contributed by atoms with Gasteiger partial charge in [-0.15, -0.1) is 0 Å². The van der Waals surface area contributed by atoms with E-state index in [-0.39, 0.29) is 24.9 Å². The Morgan fingerprint density at radius 2 is 1.80 bits per heavy atom. The monoisotopic (exact) mass is 422 g/mol. The van der Waals surface area contributed by atoms with Crippen LogP contribution in [0.25, 0.3) is 0 Å². The molecule has 8 nitrogen and oxygen atoms in total. The highest BCUT2D eigenvalue weighted by Crippen LogP contribution is 2.27. The number of pyridine rings is 1. The molecule has 2 heterocycles. The van der Waals surface area contributed by atoms with Crippen LogP contribution >= 0.6 is 11.8 Å². The van der Waals surface area contributed by atoms with Crippen molar-refractivity contribution in [2.45, 2.75) is 30.3 Å². The van der Waals surface area contributed by atoms with E-state index >= 15 is 0 Å². The molecule has 30 heavy (non-hydrogen) atoms. The van der Waals surface area contributed by atoms with Crippen molar-refractivity contribution in [3.8, 4) is 0 Å². The molecule has 9 heteroatoms. The molecule has 0 fully saturated rings. The number of anilines is 2. The fraction of sp³-hybridized carbons (Fsp3) is 0.190. The molecule has 0 radical (unpaired) electrons. The summed E-state index contributed by atoms with van der Waals surface area (Å²) in [7, 11) is 0. The van der Waals surface area contributed by atoms with Gasteiger partial charge in [0.05, 0.1) is 0 Å². The van der Waals surface area contributed by atoms with Gasteiger partial charge in [-0.05, 0) is 67.1 Å². The smallest absolute Gasteiger partial charge is 0.319 e. The van der Waals surface area contributed by atoms with Gasteiger partial charge in [0.15, 0.2) is 5.16 Å². The molecule has 0 aliphatic heterocycles. The van der Waals surface area contributed by atoms with Crippen LogP contribution < -0.4 is 16.0 Å². The lowest BCUT2D eigenvalue weighted by atomic mass is 10.2. The van der Waals surface area contributed by atoms with Crippen LogP contribution in [0, 0.1) is 13.8 Å². The normalized spacial score (nSPS) is 10.3. The molecule has 0 aliphatic rings. The molecule has 2 aromatic heterocycles. The van der Waals surface area contributed by atoms with Crippen molar-refractivity contribution in [2.75, 3.05) is 17.2 Å². The van der Waals surface area contributed by atoms with Gasteiger partial charge in [-0.3, -0.25) is 4.79 Å². The summed E-state index contributed by atoms with van der Waals surface area (Å²) in [5.41, 5.74) is 2.62. The van der Waals surface area contributed by atoms with Gasteiger partial charge in [-0.2, -0.15) is 0 Å². The highest BCUT2D eigenvalue weighted by molar-refractivity contribution is 7.99. The summed E-state index contributed by atoms with van der Waals surface area (Å²) in [5, 5.41) is 8.83. The highest BCUT2D eigenvalue weighted by atomic mass is 32.2. The highest BCUT2D eigenvalue weighted by Gasteiger charge is 2.08. The van der Waals surface area contributed by atoms with Gasteiger partial charge in [0.1, 0.15) is 5.82 Å². The lowest BCUT2D eigenvalue weighted by Gasteiger charge is -2.11. The SMILES string of the molecule is Cc1ccc(NC(=O)CCNC(=O)Nc2ccc(Sc3ncccn3)cc2C)nc1. The molecule has 0 unspecified atom stereocenters. The second-order valence-electron chi connectivity index (χ2n) is 6.51. The molecule has 0 aliphatic carbocycles. The molecule has 154 valence electrons. The molecule has 0 spiro atoms. The zero-order valence-corrected chi connectivity index (χ0v) is 17.5. The maximum atomic E-state index is 12.1. The third-order valence-corrected chi connectivity index (χ3v) is 4.90. The van der Waals surface area contributed by atoms with Crippen molar-refractivity contribution in [2.24, 2.45) is 0 Å². The first-order chi connectivity index (χ1) is 14.5. The van der Waals surface area contributed by atoms with Crippen LogP contribution in [0.4, 0.5) is 16.3 Å². The maximum Gasteiger partial charge on any atom is 0.319 e. The molecular weight excluding hydrogens is 400 g/mol. The summed E-state index contributed by atoms with van der Waals surface area (Å²) in [6, 6.07) is 10.7. The molecule has 3 N–H and O–H groups in total. The third-order valence-electron chi connectivity index (χ3n) is 4.01. The Labute approximate surface area is 178 Å². The number of urea groups is 1. The Kier molecular flexibility index (Phi) is 7.34. The molecule has 3 rings (SSSR count). The van der Waals surface area contributed by atoms with Gasteiger partial charge < -0.3 is 16.0 Å². The lowest BCUT2D eigenvalue weighted by Crippen LogP contribution is -2.31. The fourth-order valence-electron chi connectivity index (χ4n) is 2.49. The van der Waals surface area contributed by atoms with E-state index in [1.807, 2.05) is 38.1 Å². The van der Waals surface area contributed by atoms with Gasteiger partial charge >= 0.3 is 6.03 Å². The number of rotatable bonds is 7. The number of nitrogens with zero attached hydrogens (tertiary/aromatic N) is 3. The first-order valence-corrected chi connectivity index (χ1v) is 10.1. The summed E-state index contributed by atoms with van der Waals surface area (Å²) < 4.78 is 0. The van der Waals surface area contributed by atoms with Crippen LogP contribution in [0.15, 0.2) is 65.0 Å². The summed E-state index contributed by atoms with van der Waals surface area (Å²) in [4.78, 5) is 37.5. The van der Waals surface area contributed by atoms with Gasteiger partial charge in [0, 0.05) is 42.1 Å². The summed E-state index contributed by atoms with van der Waals surface area (Å²) in [6.07, 6.45) is 5.22. The summed E-state index contributed by atoms with van der Waals surface area (Å²) >= 11 is 1.45. The van der Waals surface area contributed by atoms with Gasteiger partial charge in [-0.25, -0.2) is 19.7 Å². The Morgan fingerprint density at radius 1 is 1.00 bits per heavy atom. The van der Waals surface area contributed by atoms with Crippen molar-refractivity contribution in [3.63, 3.8) is 0 Å². The van der Waals surface area contributed by atoms with Crippen LogP contribution in [0.5, 0.6) is 0 Å². The molecule has 1 aromatic carbocycles. The number of hydrogen-bond acceptors (Lipinski definition) is 6. The molecule has 0 saturated heterocycles. The van der Waals surface area contributed by atoms with Crippen LogP contribution in [-0.2, 0) is 4.79 Å². The number of aryl methyl sites for hydroxylation is 2. The molecule has 3 aromatic rings. The largest absolute Gasteiger partial charge is 0.337 e. The van der Waals surface area contributed by atoms with Crippen molar-refractivity contribution in [1.82, 2.24) is 20.3 Å². The first-order valence-electron chi connectivity index (χ1n) is 9.32. The van der Waals surface area contributed by atoms with E-state index in [0.29, 0.717) is 16.7 Å². The van der Waals surface area contributed by atoms with Gasteiger partial charge in [-0.1, -0.05) is 6.07 Å². The minimum absolute atomic E-state index is 0.147. The average Bonchev–Trinajstić information content (AvgIpc) is 2.72. The van der Waals surface area contributed by atoms with E-state index in [1.165, 1.54) is 11.8 Å². The number of carbonyl (C=O) groups is 2. The Bertz CT molecular complexity index is 1010. The molecule has 0 bridgehead atoms. The maximum absolute atomic E-state index is 12.1. The van der Waals surface area contributed by atoms with E-state index in [4.69, 9.17) is 0 Å². The molecule has 0 atom stereocenters. The number of carbonyl (C=O) groups excluding carboxylic acids is 2.